The molecule has 0 radical (unpaired) electrons. The van der Waals surface area contributed by atoms with Crippen molar-refractivity contribution in [3.63, 3.8) is 0 Å². The summed E-state index contributed by atoms with van der Waals surface area (Å²) in [7, 11) is 0. The normalized spacial score (nSPS) is 22.2. The van der Waals surface area contributed by atoms with Crippen LogP contribution in [0.4, 0.5) is 0 Å². The highest BCUT2D eigenvalue weighted by Gasteiger charge is 2.34. The molecule has 17 heavy (non-hydrogen) atoms. The van der Waals surface area contributed by atoms with E-state index in [4.69, 9.17) is 10.5 Å². The van der Waals surface area contributed by atoms with Crippen LogP contribution in [0.2, 0.25) is 0 Å². The smallest absolute Gasteiger partial charge is 0.127 e. The quantitative estimate of drug-likeness (QED) is 0.869. The molecule has 2 nitrogen and oxygen atoms in total. The van der Waals surface area contributed by atoms with Crippen LogP contribution >= 0.6 is 0 Å². The molecule has 1 aliphatic carbocycles. The fraction of sp³-hybridized carbons (Fsp3) is 0.200. The Hall–Kier alpha value is -1.80. The van der Waals surface area contributed by atoms with Gasteiger partial charge in [0.15, 0.2) is 0 Å². The number of ether oxygens (including phenoxy) is 1. The molecular weight excluding hydrogens is 210 g/mol. The zero-order valence-corrected chi connectivity index (χ0v) is 9.54. The highest BCUT2D eigenvalue weighted by atomic mass is 16.5. The lowest BCUT2D eigenvalue weighted by atomic mass is 10.1. The second kappa shape index (κ2) is 4.22. The number of hydrogen-bond donors (Lipinski definition) is 1. The molecule has 2 heteroatoms. The number of nitrogens with two attached hydrogens (primary N) is 1. The lowest BCUT2D eigenvalue weighted by Gasteiger charge is -2.07. The molecule has 0 heterocycles. The van der Waals surface area contributed by atoms with Gasteiger partial charge in [0.25, 0.3) is 0 Å². The van der Waals surface area contributed by atoms with E-state index in [1.165, 1.54) is 5.56 Å². The van der Waals surface area contributed by atoms with E-state index in [1.54, 1.807) is 0 Å². The molecular formula is C15H15NO. The fourth-order valence-corrected chi connectivity index (χ4v) is 2.03. The Morgan fingerprint density at radius 1 is 0.941 bits per heavy atom. The van der Waals surface area contributed by atoms with Crippen LogP contribution < -0.4 is 10.5 Å². The molecule has 0 saturated heterocycles. The van der Waals surface area contributed by atoms with Crippen LogP contribution in [0.15, 0.2) is 54.6 Å². The lowest BCUT2D eigenvalue weighted by Crippen LogP contribution is -2.00. The summed E-state index contributed by atoms with van der Waals surface area (Å²) >= 11 is 0. The van der Waals surface area contributed by atoms with Gasteiger partial charge in [-0.3, -0.25) is 0 Å². The summed E-state index contributed by atoms with van der Waals surface area (Å²) in [6.45, 7) is 0. The molecule has 0 aliphatic heterocycles. The second-order valence-electron chi connectivity index (χ2n) is 4.49. The van der Waals surface area contributed by atoms with Gasteiger partial charge in [-0.2, -0.15) is 0 Å². The van der Waals surface area contributed by atoms with Crippen LogP contribution in [0.25, 0.3) is 0 Å². The standard InChI is InChI=1S/C15H15NO/c16-15-10-14(15)11-5-4-8-13(9-11)17-12-6-2-1-3-7-12/h1-9,14-15H,10,16H2. The number of benzene rings is 2. The average Bonchev–Trinajstić information content (AvgIpc) is 3.08. The molecule has 2 aromatic carbocycles. The van der Waals surface area contributed by atoms with Gasteiger partial charge in [0.2, 0.25) is 0 Å². The van der Waals surface area contributed by atoms with Crippen LogP contribution in [-0.4, -0.2) is 6.04 Å². The van der Waals surface area contributed by atoms with Crippen LogP contribution in [0.3, 0.4) is 0 Å². The maximum Gasteiger partial charge on any atom is 0.127 e. The van der Waals surface area contributed by atoms with Gasteiger partial charge in [0.1, 0.15) is 11.5 Å². The van der Waals surface area contributed by atoms with Crippen molar-refractivity contribution in [2.75, 3.05) is 0 Å². The Bertz CT molecular complexity index is 509. The van der Waals surface area contributed by atoms with Gasteiger partial charge in [-0.25, -0.2) is 0 Å². The van der Waals surface area contributed by atoms with E-state index >= 15 is 0 Å². The largest absolute Gasteiger partial charge is 0.457 e. The van der Waals surface area contributed by atoms with Crippen molar-refractivity contribution in [1.82, 2.24) is 0 Å². The topological polar surface area (TPSA) is 35.2 Å². The van der Waals surface area contributed by atoms with E-state index in [0.717, 1.165) is 17.9 Å². The van der Waals surface area contributed by atoms with Crippen molar-refractivity contribution in [3.8, 4) is 11.5 Å². The van der Waals surface area contributed by atoms with Crippen LogP contribution in [0, 0.1) is 0 Å². The first-order valence-electron chi connectivity index (χ1n) is 5.91. The summed E-state index contributed by atoms with van der Waals surface area (Å²) in [6.07, 6.45) is 1.09. The molecule has 2 N–H and O–H groups in total. The molecule has 2 unspecified atom stereocenters. The SMILES string of the molecule is NC1CC1c1cccc(Oc2ccccc2)c1. The molecule has 2 aromatic rings. The summed E-state index contributed by atoms with van der Waals surface area (Å²) in [4.78, 5) is 0. The Morgan fingerprint density at radius 2 is 1.65 bits per heavy atom. The summed E-state index contributed by atoms with van der Waals surface area (Å²) < 4.78 is 5.79. The summed E-state index contributed by atoms with van der Waals surface area (Å²) in [6, 6.07) is 18.4. The van der Waals surface area contributed by atoms with Crippen LogP contribution in [0.5, 0.6) is 11.5 Å². The zero-order valence-electron chi connectivity index (χ0n) is 9.54. The highest BCUT2D eigenvalue weighted by Crippen LogP contribution is 2.40. The molecule has 1 aliphatic rings. The average molecular weight is 225 g/mol. The Morgan fingerprint density at radius 3 is 2.35 bits per heavy atom. The first-order chi connectivity index (χ1) is 8.33. The summed E-state index contributed by atoms with van der Waals surface area (Å²) in [5, 5.41) is 0. The molecule has 3 rings (SSSR count). The Kier molecular flexibility index (Phi) is 2.57. The number of hydrogen-bond acceptors (Lipinski definition) is 2. The Labute approximate surface area is 101 Å². The maximum atomic E-state index is 5.86. The first-order valence-corrected chi connectivity index (χ1v) is 5.91. The Balaban J connectivity index is 1.79. The molecule has 0 bridgehead atoms. The van der Waals surface area contributed by atoms with Gasteiger partial charge in [0.05, 0.1) is 0 Å². The third kappa shape index (κ3) is 2.32. The van der Waals surface area contributed by atoms with Gasteiger partial charge in [0, 0.05) is 12.0 Å². The van der Waals surface area contributed by atoms with Crippen LogP contribution in [0.1, 0.15) is 17.9 Å². The zero-order chi connectivity index (χ0) is 11.7. The van der Waals surface area contributed by atoms with Gasteiger partial charge in [-0.05, 0) is 36.2 Å². The molecule has 0 amide bonds. The molecule has 0 aromatic heterocycles. The first kappa shape index (κ1) is 10.4. The van der Waals surface area contributed by atoms with Crippen molar-refractivity contribution < 1.29 is 4.74 Å². The van der Waals surface area contributed by atoms with Crippen molar-refractivity contribution in [2.24, 2.45) is 5.73 Å². The molecule has 2 atom stereocenters. The van der Waals surface area contributed by atoms with E-state index < -0.39 is 0 Å². The lowest BCUT2D eigenvalue weighted by molar-refractivity contribution is 0.482. The van der Waals surface area contributed by atoms with Crippen molar-refractivity contribution in [1.29, 1.82) is 0 Å². The molecule has 1 saturated carbocycles. The predicted molar refractivity (Wildman–Crippen MR) is 68.3 cm³/mol. The third-order valence-electron chi connectivity index (χ3n) is 3.10. The monoisotopic (exact) mass is 225 g/mol. The number of para-hydroxylation sites is 1. The van der Waals surface area contributed by atoms with E-state index in [2.05, 4.69) is 12.1 Å². The number of rotatable bonds is 3. The van der Waals surface area contributed by atoms with Gasteiger partial charge in [-0.15, -0.1) is 0 Å². The van der Waals surface area contributed by atoms with Gasteiger partial charge in [-0.1, -0.05) is 30.3 Å². The highest BCUT2D eigenvalue weighted by molar-refractivity contribution is 5.37. The van der Waals surface area contributed by atoms with Crippen molar-refractivity contribution in [3.05, 3.63) is 60.2 Å². The maximum absolute atomic E-state index is 5.86. The van der Waals surface area contributed by atoms with Gasteiger partial charge >= 0.3 is 0 Å². The van der Waals surface area contributed by atoms with Crippen LogP contribution in [-0.2, 0) is 0 Å². The van der Waals surface area contributed by atoms with E-state index in [9.17, 15) is 0 Å². The predicted octanol–water partition coefficient (Wildman–Crippen LogP) is 3.29. The van der Waals surface area contributed by atoms with Crippen molar-refractivity contribution in [2.45, 2.75) is 18.4 Å². The van der Waals surface area contributed by atoms with Gasteiger partial charge < -0.3 is 10.5 Å². The minimum absolute atomic E-state index is 0.335. The van der Waals surface area contributed by atoms with Crippen molar-refractivity contribution >= 4 is 0 Å². The summed E-state index contributed by atoms with van der Waals surface area (Å²) in [5.41, 5.74) is 7.14. The summed E-state index contributed by atoms with van der Waals surface area (Å²) in [5.74, 6) is 2.27. The minimum Gasteiger partial charge on any atom is -0.457 e. The van der Waals surface area contributed by atoms with E-state index in [-0.39, 0.29) is 0 Å². The second-order valence-corrected chi connectivity index (χ2v) is 4.49. The molecule has 86 valence electrons. The van der Waals surface area contributed by atoms with E-state index in [1.807, 2.05) is 42.5 Å². The molecule has 1 fully saturated rings. The fourth-order valence-electron chi connectivity index (χ4n) is 2.03. The molecule has 0 spiro atoms. The minimum atomic E-state index is 0.335. The van der Waals surface area contributed by atoms with E-state index in [0.29, 0.717) is 12.0 Å². The third-order valence-corrected chi connectivity index (χ3v) is 3.10.